The minimum atomic E-state index is 0. The molecule has 1 aliphatic rings. The molecule has 1 N–H and O–H groups in total. The lowest BCUT2D eigenvalue weighted by Crippen LogP contribution is -2.40. The van der Waals surface area contributed by atoms with Gasteiger partial charge in [0.15, 0.2) is 0 Å². The zero-order valence-electron chi connectivity index (χ0n) is 12.5. The predicted octanol–water partition coefficient (Wildman–Crippen LogP) is 4.30. The standard InChI is InChI=1S/C14H16BrN3OS2.2ClH/c1-16-6-10-3-2-4-18(10)14(19)11-8-21-13(17-11)12-5-9(15)7-20-12;;/h5,7-8,10,16H,2-4,6H2,1H3;2*1H. The van der Waals surface area contributed by atoms with Gasteiger partial charge in [-0.25, -0.2) is 4.98 Å². The summed E-state index contributed by atoms with van der Waals surface area (Å²) >= 11 is 6.62. The van der Waals surface area contributed by atoms with Crippen LogP contribution in [0.5, 0.6) is 0 Å². The molecule has 23 heavy (non-hydrogen) atoms. The fourth-order valence-corrected chi connectivity index (χ4v) is 4.91. The summed E-state index contributed by atoms with van der Waals surface area (Å²) in [6.07, 6.45) is 2.15. The smallest absolute Gasteiger partial charge is 0.273 e. The number of carbonyl (C=O) groups excluding carboxylic acids is 1. The summed E-state index contributed by atoms with van der Waals surface area (Å²) in [6.45, 7) is 1.68. The number of likely N-dealkylation sites (tertiary alicyclic amines) is 1. The minimum Gasteiger partial charge on any atom is -0.333 e. The molecule has 1 saturated heterocycles. The largest absolute Gasteiger partial charge is 0.333 e. The van der Waals surface area contributed by atoms with E-state index in [1.54, 1.807) is 11.3 Å². The number of halogens is 3. The summed E-state index contributed by atoms with van der Waals surface area (Å²) in [5.41, 5.74) is 0.572. The molecule has 0 aliphatic carbocycles. The van der Waals surface area contributed by atoms with Crippen molar-refractivity contribution in [2.24, 2.45) is 0 Å². The van der Waals surface area contributed by atoms with E-state index in [0.29, 0.717) is 11.7 Å². The zero-order valence-corrected chi connectivity index (χ0v) is 17.3. The number of amides is 1. The van der Waals surface area contributed by atoms with Crippen LogP contribution in [0.1, 0.15) is 23.3 Å². The lowest BCUT2D eigenvalue weighted by Gasteiger charge is -2.23. The number of rotatable bonds is 4. The van der Waals surface area contributed by atoms with Crippen molar-refractivity contribution >= 4 is 69.3 Å². The Hall–Kier alpha value is -0.180. The van der Waals surface area contributed by atoms with Crippen molar-refractivity contribution in [3.8, 4) is 9.88 Å². The molecular weight excluding hydrogens is 441 g/mol. The Balaban J connectivity index is 0.00000132. The lowest BCUT2D eigenvalue weighted by molar-refractivity contribution is 0.0732. The van der Waals surface area contributed by atoms with E-state index in [1.165, 1.54) is 11.3 Å². The number of thiophene rings is 1. The molecule has 0 saturated carbocycles. The van der Waals surface area contributed by atoms with Crippen LogP contribution in [0.25, 0.3) is 9.88 Å². The zero-order chi connectivity index (χ0) is 14.8. The number of hydrogen-bond donors (Lipinski definition) is 1. The van der Waals surface area contributed by atoms with E-state index in [9.17, 15) is 4.79 Å². The van der Waals surface area contributed by atoms with Crippen molar-refractivity contribution in [2.45, 2.75) is 18.9 Å². The fourth-order valence-electron chi connectivity index (χ4n) is 2.61. The molecule has 2 aromatic heterocycles. The van der Waals surface area contributed by atoms with Crippen molar-refractivity contribution in [2.75, 3.05) is 20.1 Å². The summed E-state index contributed by atoms with van der Waals surface area (Å²) in [7, 11) is 1.93. The third-order valence-electron chi connectivity index (χ3n) is 3.58. The van der Waals surface area contributed by atoms with Crippen molar-refractivity contribution in [3.05, 3.63) is 27.0 Å². The number of likely N-dealkylation sites (N-methyl/N-ethyl adjacent to an activating group) is 1. The minimum absolute atomic E-state index is 0. The Morgan fingerprint density at radius 3 is 2.87 bits per heavy atom. The molecule has 2 aromatic rings. The van der Waals surface area contributed by atoms with Crippen LogP contribution < -0.4 is 5.32 Å². The Morgan fingerprint density at radius 1 is 1.43 bits per heavy atom. The Labute approximate surface area is 164 Å². The first kappa shape index (κ1) is 20.9. The molecule has 0 spiro atoms. The van der Waals surface area contributed by atoms with E-state index in [-0.39, 0.29) is 30.7 Å². The second-order valence-corrected chi connectivity index (χ2v) is 7.70. The van der Waals surface area contributed by atoms with Crippen molar-refractivity contribution < 1.29 is 4.79 Å². The molecule has 1 unspecified atom stereocenters. The average molecular weight is 459 g/mol. The number of hydrogen-bond acceptors (Lipinski definition) is 5. The summed E-state index contributed by atoms with van der Waals surface area (Å²) in [5, 5.41) is 7.98. The van der Waals surface area contributed by atoms with Gasteiger partial charge in [0.1, 0.15) is 10.7 Å². The highest BCUT2D eigenvalue weighted by molar-refractivity contribution is 9.10. The normalized spacial score (nSPS) is 16.8. The maximum absolute atomic E-state index is 12.6. The molecule has 1 fully saturated rings. The molecule has 0 bridgehead atoms. The van der Waals surface area contributed by atoms with Crippen LogP contribution in [0.2, 0.25) is 0 Å². The van der Waals surface area contributed by atoms with Gasteiger partial charge in [-0.05, 0) is 41.9 Å². The summed E-state index contributed by atoms with van der Waals surface area (Å²) < 4.78 is 1.05. The van der Waals surface area contributed by atoms with Gasteiger partial charge in [0.05, 0.1) is 4.88 Å². The average Bonchev–Trinajstić information content (AvgIpc) is 3.17. The van der Waals surface area contributed by atoms with Gasteiger partial charge in [0.25, 0.3) is 5.91 Å². The van der Waals surface area contributed by atoms with E-state index in [4.69, 9.17) is 0 Å². The SMILES string of the molecule is CNCC1CCCN1C(=O)c1csc(-c2cc(Br)cs2)n1.Cl.Cl. The van der Waals surface area contributed by atoms with Crippen LogP contribution in [0.4, 0.5) is 0 Å². The van der Waals surface area contributed by atoms with Crippen LogP contribution in [-0.2, 0) is 0 Å². The number of nitrogens with zero attached hydrogens (tertiary/aromatic N) is 2. The Kier molecular flexibility index (Phi) is 8.47. The van der Waals surface area contributed by atoms with Gasteiger partial charge < -0.3 is 10.2 Å². The highest BCUT2D eigenvalue weighted by atomic mass is 79.9. The van der Waals surface area contributed by atoms with Gasteiger partial charge in [-0.1, -0.05) is 0 Å². The van der Waals surface area contributed by atoms with Crippen LogP contribution in [0, 0.1) is 0 Å². The summed E-state index contributed by atoms with van der Waals surface area (Å²) in [6, 6.07) is 2.33. The molecule has 3 heterocycles. The highest BCUT2D eigenvalue weighted by Gasteiger charge is 2.30. The van der Waals surface area contributed by atoms with Crippen molar-refractivity contribution in [1.29, 1.82) is 0 Å². The maximum atomic E-state index is 12.6. The molecule has 0 aromatic carbocycles. The summed E-state index contributed by atoms with van der Waals surface area (Å²) in [4.78, 5) is 20.2. The van der Waals surface area contributed by atoms with Gasteiger partial charge in [0.2, 0.25) is 0 Å². The first-order chi connectivity index (χ1) is 10.2. The van der Waals surface area contributed by atoms with Crippen molar-refractivity contribution in [3.63, 3.8) is 0 Å². The predicted molar refractivity (Wildman–Crippen MR) is 106 cm³/mol. The van der Waals surface area contributed by atoms with Crippen molar-refractivity contribution in [1.82, 2.24) is 15.2 Å². The van der Waals surface area contributed by atoms with Gasteiger partial charge >= 0.3 is 0 Å². The van der Waals surface area contributed by atoms with Crippen LogP contribution in [0.15, 0.2) is 21.3 Å². The van der Waals surface area contributed by atoms with Crippen LogP contribution in [0.3, 0.4) is 0 Å². The number of thiazole rings is 1. The van der Waals surface area contributed by atoms with Crippen LogP contribution >= 0.6 is 63.4 Å². The first-order valence-electron chi connectivity index (χ1n) is 6.84. The molecule has 1 atom stereocenters. The maximum Gasteiger partial charge on any atom is 0.273 e. The third-order valence-corrected chi connectivity index (χ3v) is 6.28. The lowest BCUT2D eigenvalue weighted by atomic mass is 10.2. The molecule has 128 valence electrons. The molecule has 9 heteroatoms. The quantitative estimate of drug-likeness (QED) is 0.742. The van der Waals surface area contributed by atoms with E-state index in [0.717, 1.165) is 40.3 Å². The topological polar surface area (TPSA) is 45.2 Å². The van der Waals surface area contributed by atoms with Crippen LogP contribution in [-0.4, -0.2) is 42.0 Å². The Bertz CT molecular complexity index is 650. The molecule has 3 rings (SSSR count). The van der Waals surface area contributed by atoms with Gasteiger partial charge in [-0.15, -0.1) is 47.5 Å². The van der Waals surface area contributed by atoms with E-state index in [2.05, 4.69) is 26.2 Å². The number of nitrogens with one attached hydrogen (secondary N) is 1. The summed E-state index contributed by atoms with van der Waals surface area (Å²) in [5.74, 6) is 0.0610. The van der Waals surface area contributed by atoms with E-state index in [1.807, 2.05) is 28.8 Å². The Morgan fingerprint density at radius 2 is 2.22 bits per heavy atom. The van der Waals surface area contributed by atoms with Gasteiger partial charge in [-0.3, -0.25) is 4.79 Å². The second-order valence-electron chi connectivity index (χ2n) is 5.02. The molecule has 4 nitrogen and oxygen atoms in total. The number of aromatic nitrogens is 1. The van der Waals surface area contributed by atoms with Gasteiger partial charge in [-0.2, -0.15) is 0 Å². The number of carbonyl (C=O) groups is 1. The third kappa shape index (κ3) is 4.67. The first-order valence-corrected chi connectivity index (χ1v) is 9.40. The fraction of sp³-hybridized carbons (Fsp3) is 0.429. The molecule has 1 aliphatic heterocycles. The monoisotopic (exact) mass is 457 g/mol. The molecular formula is C14H18BrCl2N3OS2. The van der Waals surface area contributed by atoms with E-state index < -0.39 is 0 Å². The van der Waals surface area contributed by atoms with E-state index >= 15 is 0 Å². The van der Waals surface area contributed by atoms with Gasteiger partial charge in [0, 0.05) is 34.4 Å². The molecule has 1 amide bonds. The molecule has 0 radical (unpaired) electrons. The second kappa shape index (κ2) is 9.34. The highest BCUT2D eigenvalue weighted by Crippen LogP contribution is 2.32.